The van der Waals surface area contributed by atoms with Gasteiger partial charge in [-0.05, 0) is 64.2 Å². The zero-order valence-corrected chi connectivity index (χ0v) is 36.4. The van der Waals surface area contributed by atoms with Crippen molar-refractivity contribution in [2.24, 2.45) is 0 Å². The molecule has 0 fully saturated rings. The summed E-state index contributed by atoms with van der Waals surface area (Å²) in [6.45, 7) is 6.54. The van der Waals surface area contributed by atoms with Crippen molar-refractivity contribution < 1.29 is 28.6 Å². The zero-order chi connectivity index (χ0) is 40.1. The van der Waals surface area contributed by atoms with E-state index < -0.39 is 6.10 Å². The minimum Gasteiger partial charge on any atom is -0.462 e. The average Bonchev–Trinajstić information content (AvgIpc) is 3.18. The lowest BCUT2D eigenvalue weighted by Crippen LogP contribution is -2.30. The molecule has 0 aromatic carbocycles. The van der Waals surface area contributed by atoms with E-state index in [2.05, 4.69) is 57.2 Å². The van der Waals surface area contributed by atoms with Gasteiger partial charge in [-0.2, -0.15) is 0 Å². The summed E-state index contributed by atoms with van der Waals surface area (Å²) in [4.78, 5) is 37.6. The fourth-order valence-corrected chi connectivity index (χ4v) is 6.55. The van der Waals surface area contributed by atoms with E-state index in [1.54, 1.807) is 0 Å². The highest BCUT2D eigenvalue weighted by molar-refractivity contribution is 5.71. The molecule has 0 saturated heterocycles. The molecule has 0 aliphatic heterocycles. The van der Waals surface area contributed by atoms with E-state index in [4.69, 9.17) is 14.2 Å². The lowest BCUT2D eigenvalue weighted by Gasteiger charge is -2.18. The van der Waals surface area contributed by atoms with Gasteiger partial charge in [0, 0.05) is 19.3 Å². The van der Waals surface area contributed by atoms with Crippen LogP contribution in [0.3, 0.4) is 0 Å². The van der Waals surface area contributed by atoms with Gasteiger partial charge in [0.1, 0.15) is 13.2 Å². The lowest BCUT2D eigenvalue weighted by atomic mass is 10.1. The van der Waals surface area contributed by atoms with Crippen molar-refractivity contribution in [1.82, 2.24) is 0 Å². The molecule has 0 spiro atoms. The number of ether oxygens (including phenoxy) is 3. The Bertz CT molecular complexity index is 938. The summed E-state index contributed by atoms with van der Waals surface area (Å²) in [5.41, 5.74) is 0. The molecule has 1 atom stereocenters. The van der Waals surface area contributed by atoms with Gasteiger partial charge >= 0.3 is 17.9 Å². The van der Waals surface area contributed by atoms with Crippen LogP contribution in [-0.4, -0.2) is 37.2 Å². The summed E-state index contributed by atoms with van der Waals surface area (Å²) in [5.74, 6) is -0.936. The predicted octanol–water partition coefficient (Wildman–Crippen LogP) is 15.0. The highest BCUT2D eigenvalue weighted by Crippen LogP contribution is 2.14. The Morgan fingerprint density at radius 1 is 0.364 bits per heavy atom. The van der Waals surface area contributed by atoms with Gasteiger partial charge in [-0.3, -0.25) is 14.4 Å². The van der Waals surface area contributed by atoms with Crippen molar-refractivity contribution in [1.29, 1.82) is 0 Å². The van der Waals surface area contributed by atoms with Gasteiger partial charge in [0.2, 0.25) is 0 Å². The number of carbonyl (C=O) groups is 3. The van der Waals surface area contributed by atoms with Gasteiger partial charge in [0.05, 0.1) is 0 Å². The van der Waals surface area contributed by atoms with E-state index in [-0.39, 0.29) is 31.1 Å². The summed E-state index contributed by atoms with van der Waals surface area (Å²) in [6.07, 6.45) is 50.0. The van der Waals surface area contributed by atoms with Crippen molar-refractivity contribution in [2.75, 3.05) is 13.2 Å². The van der Waals surface area contributed by atoms with E-state index in [0.717, 1.165) is 77.0 Å². The highest BCUT2D eigenvalue weighted by atomic mass is 16.6. The van der Waals surface area contributed by atoms with Crippen molar-refractivity contribution >= 4 is 17.9 Å². The molecule has 1 unspecified atom stereocenters. The number of unbranched alkanes of at least 4 members (excludes halogenated alkanes) is 26. The second-order valence-electron chi connectivity index (χ2n) is 15.7. The molecular formula is C49H88O6. The molecule has 0 saturated carbocycles. The quantitative estimate of drug-likeness (QED) is 0.0202. The third-order valence-electron chi connectivity index (χ3n) is 10.1. The number of esters is 3. The summed E-state index contributed by atoms with van der Waals surface area (Å²) in [7, 11) is 0. The molecule has 0 N–H and O–H groups in total. The molecule has 0 radical (unpaired) electrons. The largest absolute Gasteiger partial charge is 0.462 e. The van der Waals surface area contributed by atoms with Crippen molar-refractivity contribution in [2.45, 2.75) is 245 Å². The molecular weight excluding hydrogens is 685 g/mol. The summed E-state index contributed by atoms with van der Waals surface area (Å²) < 4.78 is 16.6. The first-order chi connectivity index (χ1) is 27.0. The first-order valence-corrected chi connectivity index (χ1v) is 23.5. The fourth-order valence-electron chi connectivity index (χ4n) is 6.55. The number of carbonyl (C=O) groups excluding carboxylic acids is 3. The molecule has 6 nitrogen and oxygen atoms in total. The summed E-state index contributed by atoms with van der Waals surface area (Å²) in [5, 5.41) is 0. The average molecular weight is 773 g/mol. The van der Waals surface area contributed by atoms with Crippen molar-refractivity contribution in [3.05, 3.63) is 36.5 Å². The van der Waals surface area contributed by atoms with Crippen LogP contribution in [0.5, 0.6) is 0 Å². The van der Waals surface area contributed by atoms with Crippen LogP contribution in [-0.2, 0) is 28.6 Å². The molecule has 55 heavy (non-hydrogen) atoms. The lowest BCUT2D eigenvalue weighted by molar-refractivity contribution is -0.167. The molecule has 6 heteroatoms. The zero-order valence-electron chi connectivity index (χ0n) is 36.4. The van der Waals surface area contributed by atoms with Crippen LogP contribution in [0.4, 0.5) is 0 Å². The van der Waals surface area contributed by atoms with Crippen LogP contribution in [0.25, 0.3) is 0 Å². The molecule has 0 aliphatic rings. The van der Waals surface area contributed by atoms with Gasteiger partial charge in [0.25, 0.3) is 0 Å². The predicted molar refractivity (Wildman–Crippen MR) is 233 cm³/mol. The standard InChI is InChI=1S/C49H88O6/c1-4-7-10-13-16-19-21-22-23-24-25-26-27-28-31-33-36-39-42-48(51)54-45-46(44-53-47(50)41-38-35-32-29-18-15-12-9-6-3)55-49(52)43-40-37-34-30-20-17-14-11-8-5-2/h23-26,29,32,46H,4-22,27-28,30-31,33-45H2,1-3H3/b24-23-,26-25-,32-29-. The fraction of sp³-hybridized carbons (Fsp3) is 0.816. The molecule has 0 aromatic heterocycles. The van der Waals surface area contributed by atoms with Gasteiger partial charge in [0.15, 0.2) is 6.10 Å². The number of rotatable bonds is 42. The highest BCUT2D eigenvalue weighted by Gasteiger charge is 2.19. The molecule has 0 rings (SSSR count). The monoisotopic (exact) mass is 773 g/mol. The third-order valence-corrected chi connectivity index (χ3v) is 10.1. The van der Waals surface area contributed by atoms with Gasteiger partial charge in [-0.15, -0.1) is 0 Å². The second kappa shape index (κ2) is 44.3. The van der Waals surface area contributed by atoms with Crippen LogP contribution in [0.15, 0.2) is 36.5 Å². The van der Waals surface area contributed by atoms with Crippen LogP contribution >= 0.6 is 0 Å². The Hall–Kier alpha value is -2.37. The number of hydrogen-bond acceptors (Lipinski definition) is 6. The minimum absolute atomic E-state index is 0.0868. The topological polar surface area (TPSA) is 78.9 Å². The van der Waals surface area contributed by atoms with Crippen LogP contribution in [0.2, 0.25) is 0 Å². The first kappa shape index (κ1) is 52.6. The molecule has 0 bridgehead atoms. The van der Waals surface area contributed by atoms with E-state index in [0.29, 0.717) is 19.3 Å². The molecule has 320 valence electrons. The maximum Gasteiger partial charge on any atom is 0.306 e. The Morgan fingerprint density at radius 2 is 0.673 bits per heavy atom. The van der Waals surface area contributed by atoms with E-state index >= 15 is 0 Å². The number of hydrogen-bond donors (Lipinski definition) is 0. The minimum atomic E-state index is -0.783. The van der Waals surface area contributed by atoms with E-state index in [1.165, 1.54) is 122 Å². The van der Waals surface area contributed by atoms with Crippen LogP contribution < -0.4 is 0 Å². The summed E-state index contributed by atoms with van der Waals surface area (Å²) >= 11 is 0. The smallest absolute Gasteiger partial charge is 0.306 e. The maximum absolute atomic E-state index is 12.7. The normalized spacial score (nSPS) is 12.3. The van der Waals surface area contributed by atoms with Gasteiger partial charge in [-0.1, -0.05) is 192 Å². The third kappa shape index (κ3) is 42.6. The molecule has 0 heterocycles. The van der Waals surface area contributed by atoms with Crippen molar-refractivity contribution in [3.63, 3.8) is 0 Å². The number of allylic oxidation sites excluding steroid dienone is 6. The SMILES string of the molecule is CCCCCC/C=C\CCCC(=O)OCC(COC(=O)CCCCCCC/C=C\C=C/CCCCCCCCC)OC(=O)CCCCCCCCCCCC. The van der Waals surface area contributed by atoms with Gasteiger partial charge < -0.3 is 14.2 Å². The molecule has 0 amide bonds. The first-order valence-electron chi connectivity index (χ1n) is 23.5. The maximum atomic E-state index is 12.7. The van der Waals surface area contributed by atoms with Crippen LogP contribution in [0.1, 0.15) is 239 Å². The molecule has 0 aliphatic carbocycles. The van der Waals surface area contributed by atoms with E-state index in [1.807, 2.05) is 0 Å². The van der Waals surface area contributed by atoms with E-state index in [9.17, 15) is 14.4 Å². The Morgan fingerprint density at radius 3 is 1.11 bits per heavy atom. The second-order valence-corrected chi connectivity index (χ2v) is 15.7. The van der Waals surface area contributed by atoms with Crippen LogP contribution in [0, 0.1) is 0 Å². The molecule has 0 aromatic rings. The Balaban J connectivity index is 4.33. The van der Waals surface area contributed by atoms with Crippen molar-refractivity contribution in [3.8, 4) is 0 Å². The summed E-state index contributed by atoms with van der Waals surface area (Å²) in [6, 6.07) is 0. The Kier molecular flexibility index (Phi) is 42.4. The Labute approximate surface area is 340 Å². The van der Waals surface area contributed by atoms with Gasteiger partial charge in [-0.25, -0.2) is 0 Å².